The molecule has 2 heteroatoms. The van der Waals surface area contributed by atoms with Gasteiger partial charge in [0.2, 0.25) is 0 Å². The van der Waals surface area contributed by atoms with Crippen molar-refractivity contribution in [3.8, 4) is 16.9 Å². The van der Waals surface area contributed by atoms with Gasteiger partial charge in [0.05, 0.1) is 0 Å². The third-order valence-corrected chi connectivity index (χ3v) is 3.69. The van der Waals surface area contributed by atoms with Gasteiger partial charge in [0.1, 0.15) is 11.9 Å². The molecule has 1 fully saturated rings. The van der Waals surface area contributed by atoms with Gasteiger partial charge in [-0.05, 0) is 42.5 Å². The lowest BCUT2D eigenvalue weighted by molar-refractivity contribution is 0.208. The van der Waals surface area contributed by atoms with Crippen LogP contribution in [-0.4, -0.2) is 12.1 Å². The zero-order valence-electron chi connectivity index (χ0n) is 11.0. The monoisotopic (exact) mass is 253 g/mol. The third-order valence-electron chi connectivity index (χ3n) is 3.69. The Bertz CT molecular complexity index is 521. The predicted molar refractivity (Wildman–Crippen MR) is 78.1 cm³/mol. The number of hydrogen-bond acceptors (Lipinski definition) is 2. The van der Waals surface area contributed by atoms with E-state index in [4.69, 9.17) is 10.5 Å². The molecule has 0 aliphatic heterocycles. The smallest absolute Gasteiger partial charge is 0.119 e. The summed E-state index contributed by atoms with van der Waals surface area (Å²) in [5.41, 5.74) is 8.35. The Morgan fingerprint density at radius 2 is 1.53 bits per heavy atom. The second-order valence-corrected chi connectivity index (χ2v) is 5.20. The van der Waals surface area contributed by atoms with E-state index >= 15 is 0 Å². The molecule has 2 unspecified atom stereocenters. The zero-order valence-corrected chi connectivity index (χ0v) is 11.0. The van der Waals surface area contributed by atoms with Crippen LogP contribution in [0.1, 0.15) is 19.3 Å². The largest absolute Gasteiger partial charge is 0.490 e. The van der Waals surface area contributed by atoms with Crippen LogP contribution in [0, 0.1) is 0 Å². The molecule has 0 spiro atoms. The van der Waals surface area contributed by atoms with Gasteiger partial charge < -0.3 is 10.5 Å². The minimum absolute atomic E-state index is 0.289. The molecule has 0 aromatic heterocycles. The molecule has 2 aromatic carbocycles. The number of ether oxygens (including phenoxy) is 1. The summed E-state index contributed by atoms with van der Waals surface area (Å²) >= 11 is 0. The van der Waals surface area contributed by atoms with E-state index in [1.165, 1.54) is 11.1 Å². The highest BCUT2D eigenvalue weighted by molar-refractivity contribution is 5.63. The summed E-state index contributed by atoms with van der Waals surface area (Å²) < 4.78 is 5.96. The first kappa shape index (κ1) is 12.2. The van der Waals surface area contributed by atoms with Gasteiger partial charge in [-0.3, -0.25) is 0 Å². The quantitative estimate of drug-likeness (QED) is 0.907. The zero-order chi connectivity index (χ0) is 13.1. The van der Waals surface area contributed by atoms with Crippen LogP contribution in [-0.2, 0) is 0 Å². The van der Waals surface area contributed by atoms with Crippen LogP contribution in [0.15, 0.2) is 54.6 Å². The molecule has 1 aliphatic carbocycles. The van der Waals surface area contributed by atoms with Crippen LogP contribution >= 0.6 is 0 Å². The Kier molecular flexibility index (Phi) is 3.51. The molecule has 3 rings (SSSR count). The molecule has 1 aliphatic rings. The number of benzene rings is 2. The van der Waals surface area contributed by atoms with Gasteiger partial charge in [-0.2, -0.15) is 0 Å². The first-order valence-electron chi connectivity index (χ1n) is 6.89. The van der Waals surface area contributed by atoms with Crippen LogP contribution in [0.25, 0.3) is 11.1 Å². The van der Waals surface area contributed by atoms with Crippen LogP contribution < -0.4 is 10.5 Å². The predicted octanol–water partition coefficient (Wildman–Crippen LogP) is 3.61. The van der Waals surface area contributed by atoms with Crippen molar-refractivity contribution in [3.05, 3.63) is 54.6 Å². The normalized spacial score (nSPS) is 22.4. The molecule has 0 radical (unpaired) electrons. The summed E-state index contributed by atoms with van der Waals surface area (Å²) in [6, 6.07) is 19.0. The first-order valence-corrected chi connectivity index (χ1v) is 6.89. The molecule has 98 valence electrons. The summed E-state index contributed by atoms with van der Waals surface area (Å²) in [5.74, 6) is 0.943. The fraction of sp³-hybridized carbons (Fsp3) is 0.294. The number of hydrogen-bond donors (Lipinski definition) is 1. The Morgan fingerprint density at radius 1 is 0.842 bits per heavy atom. The second-order valence-electron chi connectivity index (χ2n) is 5.20. The van der Waals surface area contributed by atoms with Crippen molar-refractivity contribution in [1.29, 1.82) is 0 Å². The summed E-state index contributed by atoms with van der Waals surface area (Å²) in [5, 5.41) is 0. The molecule has 2 nitrogen and oxygen atoms in total. The third kappa shape index (κ3) is 2.96. The topological polar surface area (TPSA) is 35.2 Å². The van der Waals surface area contributed by atoms with Crippen molar-refractivity contribution < 1.29 is 4.74 Å². The van der Waals surface area contributed by atoms with Gasteiger partial charge in [-0.15, -0.1) is 0 Å². The minimum Gasteiger partial charge on any atom is -0.490 e. The summed E-state index contributed by atoms with van der Waals surface area (Å²) in [6.45, 7) is 0. The first-order chi connectivity index (χ1) is 9.31. The Balaban J connectivity index is 1.69. The van der Waals surface area contributed by atoms with E-state index in [2.05, 4.69) is 36.4 Å². The van der Waals surface area contributed by atoms with Crippen molar-refractivity contribution in [1.82, 2.24) is 0 Å². The molecule has 1 saturated carbocycles. The highest BCUT2D eigenvalue weighted by atomic mass is 16.5. The lowest BCUT2D eigenvalue weighted by Crippen LogP contribution is -2.19. The average molecular weight is 253 g/mol. The summed E-state index contributed by atoms with van der Waals surface area (Å²) in [7, 11) is 0. The molecule has 2 N–H and O–H groups in total. The lowest BCUT2D eigenvalue weighted by Gasteiger charge is -2.13. The second kappa shape index (κ2) is 5.45. The van der Waals surface area contributed by atoms with Gasteiger partial charge in [0.25, 0.3) is 0 Å². The standard InChI is InChI=1S/C17H19NO/c18-15-8-11-17(12-15)19-16-9-6-14(7-10-16)13-4-2-1-3-5-13/h1-7,9-10,15,17H,8,11-12,18H2. The minimum atomic E-state index is 0.289. The van der Waals surface area contributed by atoms with Crippen LogP contribution in [0.2, 0.25) is 0 Å². The molecule has 0 heterocycles. The number of nitrogens with two attached hydrogens (primary N) is 1. The van der Waals surface area contributed by atoms with Gasteiger partial charge >= 0.3 is 0 Å². The lowest BCUT2D eigenvalue weighted by atomic mass is 10.1. The molecule has 0 saturated heterocycles. The van der Waals surface area contributed by atoms with E-state index < -0.39 is 0 Å². The molecular weight excluding hydrogens is 234 g/mol. The van der Waals surface area contributed by atoms with Crippen molar-refractivity contribution >= 4 is 0 Å². The van der Waals surface area contributed by atoms with Crippen LogP contribution in [0.4, 0.5) is 0 Å². The highest BCUT2D eigenvalue weighted by Crippen LogP contribution is 2.26. The van der Waals surface area contributed by atoms with E-state index in [1.54, 1.807) is 0 Å². The average Bonchev–Trinajstić information content (AvgIpc) is 2.86. The van der Waals surface area contributed by atoms with E-state index in [9.17, 15) is 0 Å². The van der Waals surface area contributed by atoms with E-state index in [-0.39, 0.29) is 6.10 Å². The fourth-order valence-corrected chi connectivity index (χ4v) is 2.63. The Hall–Kier alpha value is -1.80. The van der Waals surface area contributed by atoms with Crippen LogP contribution in [0.3, 0.4) is 0 Å². The molecule has 0 amide bonds. The number of rotatable bonds is 3. The maximum atomic E-state index is 5.96. The van der Waals surface area contributed by atoms with Gasteiger partial charge in [0.15, 0.2) is 0 Å². The van der Waals surface area contributed by atoms with Gasteiger partial charge in [-0.1, -0.05) is 42.5 Å². The molecule has 19 heavy (non-hydrogen) atoms. The summed E-state index contributed by atoms with van der Waals surface area (Å²) in [4.78, 5) is 0. The molecule has 2 atom stereocenters. The van der Waals surface area contributed by atoms with Gasteiger partial charge in [-0.25, -0.2) is 0 Å². The van der Waals surface area contributed by atoms with Crippen molar-refractivity contribution in [2.24, 2.45) is 5.73 Å². The van der Waals surface area contributed by atoms with Crippen molar-refractivity contribution in [3.63, 3.8) is 0 Å². The van der Waals surface area contributed by atoms with Crippen molar-refractivity contribution in [2.45, 2.75) is 31.4 Å². The summed E-state index contributed by atoms with van der Waals surface area (Å²) in [6.07, 6.45) is 3.41. The molecule has 0 bridgehead atoms. The van der Waals surface area contributed by atoms with Crippen molar-refractivity contribution in [2.75, 3.05) is 0 Å². The van der Waals surface area contributed by atoms with E-state index in [0.717, 1.165) is 25.0 Å². The van der Waals surface area contributed by atoms with E-state index in [0.29, 0.717) is 6.04 Å². The molecular formula is C17H19NO. The van der Waals surface area contributed by atoms with E-state index in [1.807, 2.05) is 18.2 Å². The van der Waals surface area contributed by atoms with Gasteiger partial charge in [0, 0.05) is 6.04 Å². The maximum absolute atomic E-state index is 5.96. The fourth-order valence-electron chi connectivity index (χ4n) is 2.63. The Morgan fingerprint density at radius 3 is 2.16 bits per heavy atom. The molecule has 2 aromatic rings. The van der Waals surface area contributed by atoms with Crippen LogP contribution in [0.5, 0.6) is 5.75 Å². The SMILES string of the molecule is NC1CCC(Oc2ccc(-c3ccccc3)cc2)C1. The highest BCUT2D eigenvalue weighted by Gasteiger charge is 2.22. The Labute approximate surface area is 114 Å². The maximum Gasteiger partial charge on any atom is 0.119 e.